The largest absolute Gasteiger partial charge is 0.397 e. The highest BCUT2D eigenvalue weighted by Gasteiger charge is 2.07. The molecule has 0 fully saturated rings. The van der Waals surface area contributed by atoms with Crippen molar-refractivity contribution in [2.45, 2.75) is 0 Å². The third-order valence-electron chi connectivity index (χ3n) is 1.79. The van der Waals surface area contributed by atoms with E-state index in [9.17, 15) is 12.8 Å². The van der Waals surface area contributed by atoms with Crippen molar-refractivity contribution in [1.82, 2.24) is 0 Å². The second kappa shape index (κ2) is 4.98. The van der Waals surface area contributed by atoms with Crippen molar-refractivity contribution in [1.29, 1.82) is 0 Å². The molecule has 0 saturated heterocycles. The minimum Gasteiger partial charge on any atom is -0.397 e. The van der Waals surface area contributed by atoms with Crippen LogP contribution < -0.4 is 16.2 Å². The summed E-state index contributed by atoms with van der Waals surface area (Å²) >= 11 is 2.98. The standard InChI is InChI=1S/C8H11BrFN3O2S/c9-5-3-7(11)8(4-6(5)10)13-1-2-16(12,14)15/h3-4,13H,1-2,11H2,(H2,12,14,15). The summed E-state index contributed by atoms with van der Waals surface area (Å²) in [4.78, 5) is 0. The predicted octanol–water partition coefficient (Wildman–Crippen LogP) is 0.871. The molecule has 8 heteroatoms. The first kappa shape index (κ1) is 13.2. The van der Waals surface area contributed by atoms with Gasteiger partial charge in [0.05, 0.1) is 21.6 Å². The Morgan fingerprint density at radius 1 is 1.44 bits per heavy atom. The van der Waals surface area contributed by atoms with Crippen molar-refractivity contribution >= 4 is 37.3 Å². The van der Waals surface area contributed by atoms with Gasteiger partial charge in [-0.25, -0.2) is 17.9 Å². The van der Waals surface area contributed by atoms with Crippen LogP contribution in [-0.4, -0.2) is 20.7 Å². The van der Waals surface area contributed by atoms with Gasteiger partial charge in [0.1, 0.15) is 5.82 Å². The fourth-order valence-corrected chi connectivity index (χ4v) is 1.79. The van der Waals surface area contributed by atoms with Gasteiger partial charge in [-0.15, -0.1) is 0 Å². The summed E-state index contributed by atoms with van der Waals surface area (Å²) in [6, 6.07) is 2.58. The van der Waals surface area contributed by atoms with Crippen LogP contribution in [0, 0.1) is 5.82 Å². The van der Waals surface area contributed by atoms with E-state index in [0.29, 0.717) is 11.4 Å². The fraction of sp³-hybridized carbons (Fsp3) is 0.250. The lowest BCUT2D eigenvalue weighted by Gasteiger charge is -2.09. The molecule has 5 nitrogen and oxygen atoms in total. The normalized spacial score (nSPS) is 11.4. The minimum absolute atomic E-state index is 0.0735. The molecule has 0 bridgehead atoms. The second-order valence-corrected chi connectivity index (χ2v) is 5.74. The van der Waals surface area contributed by atoms with Gasteiger partial charge in [-0.2, -0.15) is 0 Å². The molecule has 0 unspecified atom stereocenters. The van der Waals surface area contributed by atoms with Crippen molar-refractivity contribution < 1.29 is 12.8 Å². The maximum atomic E-state index is 13.1. The number of anilines is 2. The monoisotopic (exact) mass is 311 g/mol. The summed E-state index contributed by atoms with van der Waals surface area (Å²) in [6.07, 6.45) is 0. The summed E-state index contributed by atoms with van der Waals surface area (Å²) in [6.45, 7) is 0.0735. The fourth-order valence-electron chi connectivity index (χ4n) is 1.04. The lowest BCUT2D eigenvalue weighted by Crippen LogP contribution is -2.22. The van der Waals surface area contributed by atoms with Gasteiger partial charge >= 0.3 is 0 Å². The minimum atomic E-state index is -3.53. The van der Waals surface area contributed by atoms with Gasteiger partial charge in [0, 0.05) is 12.6 Å². The van der Waals surface area contributed by atoms with E-state index in [1.165, 1.54) is 12.1 Å². The summed E-state index contributed by atoms with van der Waals surface area (Å²) in [5, 5.41) is 7.50. The Hall–Kier alpha value is -0.860. The molecular formula is C8H11BrFN3O2S. The molecule has 0 aromatic heterocycles. The first-order valence-corrected chi connectivity index (χ1v) is 6.79. The lowest BCUT2D eigenvalue weighted by molar-refractivity contribution is 0.598. The molecule has 5 N–H and O–H groups in total. The first-order valence-electron chi connectivity index (χ1n) is 4.28. The molecule has 0 aliphatic carbocycles. The van der Waals surface area contributed by atoms with Crippen molar-refractivity contribution in [3.05, 3.63) is 22.4 Å². The molecule has 16 heavy (non-hydrogen) atoms. The number of sulfonamides is 1. The highest BCUT2D eigenvalue weighted by molar-refractivity contribution is 9.10. The maximum Gasteiger partial charge on any atom is 0.210 e. The van der Waals surface area contributed by atoms with E-state index >= 15 is 0 Å². The number of primary sulfonamides is 1. The zero-order valence-corrected chi connectivity index (χ0v) is 10.6. The van der Waals surface area contributed by atoms with E-state index in [1.54, 1.807) is 0 Å². The number of hydrogen-bond donors (Lipinski definition) is 3. The molecule has 1 aromatic rings. The molecule has 0 aliphatic heterocycles. The smallest absolute Gasteiger partial charge is 0.210 e. The summed E-state index contributed by atoms with van der Waals surface area (Å²) in [7, 11) is -3.53. The molecule has 0 spiro atoms. The van der Waals surface area contributed by atoms with Gasteiger partial charge in [0.25, 0.3) is 0 Å². The Balaban J connectivity index is 2.71. The van der Waals surface area contributed by atoms with Crippen LogP contribution in [-0.2, 0) is 10.0 Å². The third kappa shape index (κ3) is 3.95. The Labute approximate surface area is 101 Å². The Morgan fingerprint density at radius 3 is 2.62 bits per heavy atom. The van der Waals surface area contributed by atoms with Gasteiger partial charge in [-0.05, 0) is 22.0 Å². The van der Waals surface area contributed by atoms with E-state index in [0.717, 1.165) is 0 Å². The highest BCUT2D eigenvalue weighted by atomic mass is 79.9. The van der Waals surface area contributed by atoms with Crippen LogP contribution in [0.5, 0.6) is 0 Å². The molecule has 0 radical (unpaired) electrons. The van der Waals surface area contributed by atoms with Crippen LogP contribution in [0.2, 0.25) is 0 Å². The van der Waals surface area contributed by atoms with E-state index in [1.807, 2.05) is 0 Å². The van der Waals surface area contributed by atoms with Gasteiger partial charge in [-0.1, -0.05) is 0 Å². The topological polar surface area (TPSA) is 98.2 Å². The van der Waals surface area contributed by atoms with Crippen LogP contribution in [0.4, 0.5) is 15.8 Å². The van der Waals surface area contributed by atoms with Crippen LogP contribution in [0.3, 0.4) is 0 Å². The molecule has 1 aromatic carbocycles. The van der Waals surface area contributed by atoms with E-state index < -0.39 is 15.8 Å². The second-order valence-electron chi connectivity index (χ2n) is 3.15. The molecule has 0 amide bonds. The van der Waals surface area contributed by atoms with Crippen LogP contribution >= 0.6 is 15.9 Å². The van der Waals surface area contributed by atoms with Gasteiger partial charge in [-0.3, -0.25) is 0 Å². The third-order valence-corrected chi connectivity index (χ3v) is 3.18. The summed E-state index contributed by atoms with van der Waals surface area (Å²) in [5.41, 5.74) is 6.26. The summed E-state index contributed by atoms with van der Waals surface area (Å²) in [5.74, 6) is -0.725. The van der Waals surface area contributed by atoms with E-state index in [-0.39, 0.29) is 16.8 Å². The molecule has 0 aliphatic rings. The quantitative estimate of drug-likeness (QED) is 0.719. The zero-order chi connectivity index (χ0) is 12.3. The first-order chi connectivity index (χ1) is 7.29. The van der Waals surface area contributed by atoms with Crippen molar-refractivity contribution in [3.8, 4) is 0 Å². The SMILES string of the molecule is Nc1cc(Br)c(F)cc1NCCS(N)(=O)=O. The average molecular weight is 312 g/mol. The van der Waals surface area contributed by atoms with Gasteiger partial charge in [0.15, 0.2) is 0 Å². The number of benzene rings is 1. The molecule has 0 atom stereocenters. The molecule has 90 valence electrons. The number of hydrogen-bond acceptors (Lipinski definition) is 4. The Bertz CT molecular complexity index is 492. The molecule has 1 rings (SSSR count). The lowest BCUT2D eigenvalue weighted by atomic mass is 10.2. The zero-order valence-electron chi connectivity index (χ0n) is 8.20. The van der Waals surface area contributed by atoms with Gasteiger partial charge < -0.3 is 11.1 Å². The van der Waals surface area contributed by atoms with Crippen LogP contribution in [0.25, 0.3) is 0 Å². The van der Waals surface area contributed by atoms with Crippen molar-refractivity contribution in [2.75, 3.05) is 23.3 Å². The maximum absolute atomic E-state index is 13.1. The predicted molar refractivity (Wildman–Crippen MR) is 65.0 cm³/mol. The van der Waals surface area contributed by atoms with Crippen molar-refractivity contribution in [2.24, 2.45) is 5.14 Å². The molecular weight excluding hydrogens is 301 g/mol. The number of rotatable bonds is 4. The van der Waals surface area contributed by atoms with Crippen LogP contribution in [0.15, 0.2) is 16.6 Å². The van der Waals surface area contributed by atoms with Crippen molar-refractivity contribution in [3.63, 3.8) is 0 Å². The number of nitrogens with two attached hydrogens (primary N) is 2. The molecule has 0 heterocycles. The number of halogens is 2. The van der Waals surface area contributed by atoms with Gasteiger partial charge in [0.2, 0.25) is 10.0 Å². The van der Waals surface area contributed by atoms with E-state index in [2.05, 4.69) is 21.2 Å². The highest BCUT2D eigenvalue weighted by Crippen LogP contribution is 2.26. The average Bonchev–Trinajstić information content (AvgIpc) is 2.11. The number of nitrogen functional groups attached to an aromatic ring is 1. The Kier molecular flexibility index (Phi) is 4.11. The van der Waals surface area contributed by atoms with E-state index in [4.69, 9.17) is 10.9 Å². The number of nitrogens with one attached hydrogen (secondary N) is 1. The summed E-state index contributed by atoms with van der Waals surface area (Å²) < 4.78 is 34.7. The Morgan fingerprint density at radius 2 is 2.06 bits per heavy atom. The molecule has 0 saturated carbocycles. The van der Waals surface area contributed by atoms with Crippen LogP contribution in [0.1, 0.15) is 0 Å².